The summed E-state index contributed by atoms with van der Waals surface area (Å²) < 4.78 is 12.8. The molecule has 0 aliphatic heterocycles. The van der Waals surface area contributed by atoms with Crippen molar-refractivity contribution in [3.8, 4) is 0 Å². The zero-order valence-electron chi connectivity index (χ0n) is 8.70. The minimum Gasteiger partial charge on any atom is -0.286 e. The van der Waals surface area contributed by atoms with Crippen LogP contribution in [0.15, 0.2) is 30.3 Å². The topological polar surface area (TPSA) is 32.3 Å². The SMILES string of the molecule is CN(C)NC(=O)/C=C/c1cccc(F)c1. The molecule has 1 N–H and O–H groups in total. The van der Waals surface area contributed by atoms with E-state index in [2.05, 4.69) is 5.43 Å². The third-order valence-electron chi connectivity index (χ3n) is 1.61. The lowest BCUT2D eigenvalue weighted by molar-refractivity contribution is -0.119. The van der Waals surface area contributed by atoms with E-state index in [9.17, 15) is 9.18 Å². The molecule has 0 fully saturated rings. The fourth-order valence-corrected chi connectivity index (χ4v) is 1.04. The van der Waals surface area contributed by atoms with Gasteiger partial charge in [-0.1, -0.05) is 12.1 Å². The van der Waals surface area contributed by atoms with E-state index in [1.165, 1.54) is 23.2 Å². The van der Waals surface area contributed by atoms with Gasteiger partial charge in [-0.25, -0.2) is 9.40 Å². The third kappa shape index (κ3) is 4.37. The number of halogens is 1. The Labute approximate surface area is 88.2 Å². The summed E-state index contributed by atoms with van der Waals surface area (Å²) in [4.78, 5) is 11.2. The minimum atomic E-state index is -0.315. The van der Waals surface area contributed by atoms with Crippen LogP contribution in [0, 0.1) is 5.82 Å². The first-order chi connectivity index (χ1) is 7.08. The van der Waals surface area contributed by atoms with Crippen molar-refractivity contribution in [2.75, 3.05) is 14.1 Å². The summed E-state index contributed by atoms with van der Waals surface area (Å²) in [6, 6.07) is 6.04. The van der Waals surface area contributed by atoms with E-state index in [1.807, 2.05) is 0 Å². The molecule has 0 spiro atoms. The monoisotopic (exact) mass is 208 g/mol. The van der Waals surface area contributed by atoms with Crippen LogP contribution in [-0.2, 0) is 4.79 Å². The van der Waals surface area contributed by atoms with Gasteiger partial charge in [0.05, 0.1) is 0 Å². The minimum absolute atomic E-state index is 0.246. The van der Waals surface area contributed by atoms with Crippen LogP contribution < -0.4 is 5.43 Å². The van der Waals surface area contributed by atoms with Gasteiger partial charge in [0.15, 0.2) is 0 Å². The van der Waals surface area contributed by atoms with Crippen LogP contribution in [0.2, 0.25) is 0 Å². The van der Waals surface area contributed by atoms with Gasteiger partial charge in [-0.3, -0.25) is 10.2 Å². The molecular formula is C11H13FN2O. The maximum absolute atomic E-state index is 12.8. The molecule has 0 saturated heterocycles. The number of carbonyl (C=O) groups is 1. The number of hydrogen-bond donors (Lipinski definition) is 1. The van der Waals surface area contributed by atoms with E-state index in [-0.39, 0.29) is 11.7 Å². The van der Waals surface area contributed by atoms with E-state index >= 15 is 0 Å². The van der Waals surface area contributed by atoms with Crippen molar-refractivity contribution < 1.29 is 9.18 Å². The molecule has 80 valence electrons. The fourth-order valence-electron chi connectivity index (χ4n) is 1.04. The van der Waals surface area contributed by atoms with Crippen LogP contribution in [0.4, 0.5) is 4.39 Å². The van der Waals surface area contributed by atoms with Gasteiger partial charge >= 0.3 is 0 Å². The number of amides is 1. The molecule has 0 unspecified atom stereocenters. The molecule has 0 saturated carbocycles. The number of nitrogens with one attached hydrogen (secondary N) is 1. The Morgan fingerprint density at radius 3 is 2.80 bits per heavy atom. The lowest BCUT2D eigenvalue weighted by atomic mass is 10.2. The molecule has 0 heterocycles. The fraction of sp³-hybridized carbons (Fsp3) is 0.182. The maximum Gasteiger partial charge on any atom is 0.258 e. The maximum atomic E-state index is 12.8. The molecular weight excluding hydrogens is 195 g/mol. The Bertz CT molecular complexity index is 375. The molecule has 4 heteroatoms. The molecule has 1 aromatic carbocycles. The first-order valence-electron chi connectivity index (χ1n) is 4.49. The van der Waals surface area contributed by atoms with Gasteiger partial charge in [-0.2, -0.15) is 0 Å². The molecule has 0 aromatic heterocycles. The van der Waals surface area contributed by atoms with E-state index < -0.39 is 0 Å². The number of benzene rings is 1. The molecule has 0 aliphatic carbocycles. The lowest BCUT2D eigenvalue weighted by Gasteiger charge is -2.08. The number of rotatable bonds is 3. The van der Waals surface area contributed by atoms with Crippen LogP contribution in [0.3, 0.4) is 0 Å². The second-order valence-corrected chi connectivity index (χ2v) is 3.26. The molecule has 0 bridgehead atoms. The largest absolute Gasteiger partial charge is 0.286 e. The van der Waals surface area contributed by atoms with E-state index in [0.29, 0.717) is 5.56 Å². The Hall–Kier alpha value is -1.68. The molecule has 15 heavy (non-hydrogen) atoms. The van der Waals surface area contributed by atoms with Crippen molar-refractivity contribution in [1.82, 2.24) is 10.4 Å². The summed E-state index contributed by atoms with van der Waals surface area (Å²) in [7, 11) is 3.43. The highest BCUT2D eigenvalue weighted by atomic mass is 19.1. The zero-order chi connectivity index (χ0) is 11.3. The van der Waals surface area contributed by atoms with Crippen LogP contribution in [0.1, 0.15) is 5.56 Å². The molecule has 1 aromatic rings. The molecule has 0 aliphatic rings. The number of hydrogen-bond acceptors (Lipinski definition) is 2. The number of hydrazine groups is 1. The van der Waals surface area contributed by atoms with E-state index in [0.717, 1.165) is 0 Å². The van der Waals surface area contributed by atoms with Gasteiger partial charge in [-0.05, 0) is 23.8 Å². The standard InChI is InChI=1S/C11H13FN2O/c1-14(2)13-11(15)7-6-9-4-3-5-10(12)8-9/h3-8H,1-2H3,(H,13,15)/b7-6+. The van der Waals surface area contributed by atoms with Crippen molar-refractivity contribution in [1.29, 1.82) is 0 Å². The summed E-state index contributed by atoms with van der Waals surface area (Å²) in [5.41, 5.74) is 3.20. The number of nitrogens with zero attached hydrogens (tertiary/aromatic N) is 1. The van der Waals surface area contributed by atoms with Gasteiger partial charge < -0.3 is 0 Å². The average molecular weight is 208 g/mol. The molecule has 0 atom stereocenters. The van der Waals surface area contributed by atoms with Crippen LogP contribution in [0.25, 0.3) is 6.08 Å². The van der Waals surface area contributed by atoms with E-state index in [4.69, 9.17) is 0 Å². The van der Waals surface area contributed by atoms with Crippen molar-refractivity contribution in [3.05, 3.63) is 41.7 Å². The van der Waals surface area contributed by atoms with E-state index in [1.54, 1.807) is 32.3 Å². The molecule has 1 rings (SSSR count). The predicted molar refractivity (Wildman–Crippen MR) is 57.3 cm³/mol. The van der Waals surface area contributed by atoms with Gasteiger partial charge in [0.1, 0.15) is 5.82 Å². The van der Waals surface area contributed by atoms with Crippen LogP contribution in [0.5, 0.6) is 0 Å². The van der Waals surface area contributed by atoms with Crippen LogP contribution in [-0.4, -0.2) is 25.0 Å². The summed E-state index contributed by atoms with van der Waals surface area (Å²) in [6.07, 6.45) is 2.91. The van der Waals surface area contributed by atoms with Crippen molar-refractivity contribution in [3.63, 3.8) is 0 Å². The third-order valence-corrected chi connectivity index (χ3v) is 1.61. The lowest BCUT2D eigenvalue weighted by Crippen LogP contribution is -2.34. The van der Waals surface area contributed by atoms with Gasteiger partial charge in [0.25, 0.3) is 5.91 Å². The van der Waals surface area contributed by atoms with Crippen molar-refractivity contribution in [2.24, 2.45) is 0 Å². The Morgan fingerprint density at radius 1 is 1.47 bits per heavy atom. The predicted octanol–water partition coefficient (Wildman–Crippen LogP) is 1.43. The molecule has 1 amide bonds. The highest BCUT2D eigenvalue weighted by molar-refractivity contribution is 5.91. The zero-order valence-corrected chi connectivity index (χ0v) is 8.70. The van der Waals surface area contributed by atoms with Crippen molar-refractivity contribution in [2.45, 2.75) is 0 Å². The summed E-state index contributed by atoms with van der Waals surface area (Å²) in [5, 5.41) is 1.54. The highest BCUT2D eigenvalue weighted by Gasteiger charge is 1.95. The smallest absolute Gasteiger partial charge is 0.258 e. The Morgan fingerprint density at radius 2 is 2.20 bits per heavy atom. The van der Waals surface area contributed by atoms with Crippen LogP contribution >= 0.6 is 0 Å². The number of carbonyl (C=O) groups excluding carboxylic acids is 1. The van der Waals surface area contributed by atoms with Crippen molar-refractivity contribution >= 4 is 12.0 Å². The normalized spacial score (nSPS) is 10.9. The molecule has 3 nitrogen and oxygen atoms in total. The first kappa shape index (κ1) is 11.4. The Balaban J connectivity index is 2.61. The highest BCUT2D eigenvalue weighted by Crippen LogP contribution is 2.04. The molecule has 0 radical (unpaired) electrons. The van der Waals surface area contributed by atoms with Gasteiger partial charge in [-0.15, -0.1) is 0 Å². The first-order valence-corrected chi connectivity index (χ1v) is 4.49. The summed E-state index contributed by atoms with van der Waals surface area (Å²) in [5.74, 6) is -0.561. The summed E-state index contributed by atoms with van der Waals surface area (Å²) in [6.45, 7) is 0. The van der Waals surface area contributed by atoms with Gasteiger partial charge in [0, 0.05) is 20.2 Å². The second-order valence-electron chi connectivity index (χ2n) is 3.26. The summed E-state index contributed by atoms with van der Waals surface area (Å²) >= 11 is 0. The average Bonchev–Trinajstić information content (AvgIpc) is 2.14. The quantitative estimate of drug-likeness (QED) is 0.602. The second kappa shape index (κ2) is 5.26. The Kier molecular flexibility index (Phi) is 4.00. The van der Waals surface area contributed by atoms with Gasteiger partial charge in [0.2, 0.25) is 0 Å².